The van der Waals surface area contributed by atoms with E-state index >= 15 is 0 Å². The van der Waals surface area contributed by atoms with Gasteiger partial charge in [0.05, 0.1) is 0 Å². The van der Waals surface area contributed by atoms with Gasteiger partial charge in [0.2, 0.25) is 0 Å². The summed E-state index contributed by atoms with van der Waals surface area (Å²) >= 11 is 0. The first kappa shape index (κ1) is 11.7. The van der Waals surface area contributed by atoms with Gasteiger partial charge in [0.15, 0.2) is 0 Å². The number of nitrogens with zero attached hydrogens (tertiary/aromatic N) is 2. The summed E-state index contributed by atoms with van der Waals surface area (Å²) in [7, 11) is 0. The van der Waals surface area contributed by atoms with E-state index in [4.69, 9.17) is 0 Å². The van der Waals surface area contributed by atoms with E-state index in [1.807, 2.05) is 0 Å². The first-order chi connectivity index (χ1) is 4.58. The van der Waals surface area contributed by atoms with Crippen molar-refractivity contribution in [3.05, 3.63) is 18.5 Å². The summed E-state index contributed by atoms with van der Waals surface area (Å²) in [4.78, 5) is 0. The Morgan fingerprint density at radius 1 is 1.36 bits per heavy atom. The standard InChI is InChI=1S/C4H5BF3N2.K/c6-5(7,8)4-10-3-1-2-9-10;/h1-3H,4H2;/q-1;+1. The molecule has 0 unspecified atom stereocenters. The maximum Gasteiger partial charge on any atom is 1.00 e. The minimum absolute atomic E-state index is 0. The SMILES string of the molecule is F[B-](F)(F)Cn1cccn1.[K+]. The topological polar surface area (TPSA) is 17.8 Å². The first-order valence-electron chi connectivity index (χ1n) is 2.76. The fourth-order valence-electron chi connectivity index (χ4n) is 0.621. The van der Waals surface area contributed by atoms with E-state index < -0.39 is 13.4 Å². The number of hydrogen-bond acceptors (Lipinski definition) is 1. The molecular formula is C4H5BF3KN2. The molecule has 0 fully saturated rings. The second kappa shape index (κ2) is 4.66. The second-order valence-corrected chi connectivity index (χ2v) is 1.94. The number of hydrogen-bond donors (Lipinski definition) is 0. The van der Waals surface area contributed by atoms with Gasteiger partial charge in [0, 0.05) is 18.8 Å². The minimum Gasteiger partial charge on any atom is -0.448 e. The van der Waals surface area contributed by atoms with Crippen molar-refractivity contribution < 1.29 is 64.3 Å². The van der Waals surface area contributed by atoms with Gasteiger partial charge in [0.25, 0.3) is 0 Å². The number of halogens is 3. The minimum atomic E-state index is -4.75. The Balaban J connectivity index is 0.000001000. The largest absolute Gasteiger partial charge is 1.00 e. The van der Waals surface area contributed by atoms with Gasteiger partial charge in [-0.25, -0.2) is 0 Å². The molecule has 0 spiro atoms. The van der Waals surface area contributed by atoms with Crippen LogP contribution < -0.4 is 51.4 Å². The van der Waals surface area contributed by atoms with Crippen LogP contribution in [0.5, 0.6) is 0 Å². The van der Waals surface area contributed by atoms with E-state index in [-0.39, 0.29) is 51.4 Å². The molecule has 0 saturated carbocycles. The summed E-state index contributed by atoms with van der Waals surface area (Å²) < 4.78 is 35.7. The Morgan fingerprint density at radius 3 is 2.36 bits per heavy atom. The van der Waals surface area contributed by atoms with Crippen LogP contribution in [0.4, 0.5) is 12.9 Å². The molecule has 0 atom stereocenters. The van der Waals surface area contributed by atoms with E-state index in [1.54, 1.807) is 0 Å². The number of aromatic nitrogens is 2. The average Bonchev–Trinajstić information content (AvgIpc) is 2.12. The predicted molar refractivity (Wildman–Crippen MR) is 31.3 cm³/mol. The Bertz CT molecular complexity index is 198. The third kappa shape index (κ3) is 5.02. The van der Waals surface area contributed by atoms with E-state index in [0.717, 1.165) is 4.68 Å². The second-order valence-electron chi connectivity index (χ2n) is 1.94. The van der Waals surface area contributed by atoms with E-state index in [1.165, 1.54) is 18.5 Å². The fourth-order valence-corrected chi connectivity index (χ4v) is 0.621. The van der Waals surface area contributed by atoms with Crippen molar-refractivity contribution in [2.75, 3.05) is 0 Å². The molecule has 56 valence electrons. The molecule has 1 heterocycles. The summed E-state index contributed by atoms with van der Waals surface area (Å²) in [6, 6.07) is 1.46. The van der Waals surface area contributed by atoms with Gasteiger partial charge in [-0.1, -0.05) is 0 Å². The van der Waals surface area contributed by atoms with Crippen molar-refractivity contribution in [2.24, 2.45) is 0 Å². The van der Waals surface area contributed by atoms with Crippen molar-refractivity contribution in [3.8, 4) is 0 Å². The van der Waals surface area contributed by atoms with Crippen LogP contribution in [-0.4, -0.2) is 16.8 Å². The monoisotopic (exact) mass is 188 g/mol. The van der Waals surface area contributed by atoms with Crippen molar-refractivity contribution >= 4 is 6.98 Å². The van der Waals surface area contributed by atoms with Crippen molar-refractivity contribution in [3.63, 3.8) is 0 Å². The molecule has 7 heteroatoms. The molecule has 0 aromatic carbocycles. The van der Waals surface area contributed by atoms with Crippen LogP contribution in [0.3, 0.4) is 0 Å². The van der Waals surface area contributed by atoms with Gasteiger partial charge in [-0.15, -0.1) is 0 Å². The molecule has 1 aromatic heterocycles. The molecule has 0 aliphatic carbocycles. The van der Waals surface area contributed by atoms with Crippen LogP contribution in [0.15, 0.2) is 18.5 Å². The molecule has 0 N–H and O–H groups in total. The third-order valence-electron chi connectivity index (χ3n) is 0.953. The van der Waals surface area contributed by atoms with Crippen molar-refractivity contribution in [1.82, 2.24) is 9.78 Å². The molecule has 0 saturated heterocycles. The van der Waals surface area contributed by atoms with E-state index in [0.29, 0.717) is 0 Å². The van der Waals surface area contributed by atoms with E-state index in [2.05, 4.69) is 5.10 Å². The van der Waals surface area contributed by atoms with Crippen LogP contribution in [0, 0.1) is 0 Å². The van der Waals surface area contributed by atoms with Crippen LogP contribution >= 0.6 is 0 Å². The summed E-state index contributed by atoms with van der Waals surface area (Å²) in [5.41, 5.74) is 0. The molecule has 0 bridgehead atoms. The summed E-state index contributed by atoms with van der Waals surface area (Å²) in [6.07, 6.45) is 1.66. The zero-order chi connectivity index (χ0) is 7.61. The van der Waals surface area contributed by atoms with Gasteiger partial charge < -0.3 is 12.9 Å². The third-order valence-corrected chi connectivity index (χ3v) is 0.953. The molecule has 1 rings (SSSR count). The maximum atomic E-state index is 11.6. The van der Waals surface area contributed by atoms with Crippen molar-refractivity contribution in [2.45, 2.75) is 6.44 Å². The van der Waals surface area contributed by atoms with Gasteiger partial charge in [-0.05, 0) is 6.07 Å². The Labute approximate surface area is 105 Å². The van der Waals surface area contributed by atoms with E-state index in [9.17, 15) is 12.9 Å². The molecule has 0 aliphatic heterocycles. The molecule has 2 nitrogen and oxygen atoms in total. The predicted octanol–water partition coefficient (Wildman–Crippen LogP) is -1.73. The van der Waals surface area contributed by atoms with Crippen molar-refractivity contribution in [1.29, 1.82) is 0 Å². The molecule has 0 aliphatic rings. The van der Waals surface area contributed by atoms with Gasteiger partial charge in [0.1, 0.15) is 0 Å². The molecule has 11 heavy (non-hydrogen) atoms. The van der Waals surface area contributed by atoms with Crippen LogP contribution in [0.25, 0.3) is 0 Å². The smallest absolute Gasteiger partial charge is 0.448 e. The summed E-state index contributed by atoms with van der Waals surface area (Å²) in [5.74, 6) is 0. The van der Waals surface area contributed by atoms with Crippen LogP contribution in [-0.2, 0) is 6.44 Å². The molecule has 1 aromatic rings. The summed E-state index contributed by atoms with van der Waals surface area (Å²) in [5, 5.41) is 3.41. The normalized spacial score (nSPS) is 10.8. The maximum absolute atomic E-state index is 11.6. The fraction of sp³-hybridized carbons (Fsp3) is 0.250. The molecule has 0 amide bonds. The van der Waals surface area contributed by atoms with Crippen LogP contribution in [0.1, 0.15) is 0 Å². The van der Waals surface area contributed by atoms with Gasteiger partial charge in [-0.2, -0.15) is 5.10 Å². The Morgan fingerprint density at radius 2 is 2.00 bits per heavy atom. The zero-order valence-electron chi connectivity index (χ0n) is 6.04. The Kier molecular flexibility index (Phi) is 4.96. The van der Waals surface area contributed by atoms with Gasteiger partial charge >= 0.3 is 58.4 Å². The zero-order valence-corrected chi connectivity index (χ0v) is 9.17. The average molecular weight is 188 g/mol. The molecular weight excluding hydrogens is 183 g/mol. The molecule has 0 radical (unpaired) electrons. The van der Waals surface area contributed by atoms with Crippen LogP contribution in [0.2, 0.25) is 0 Å². The Hall–Kier alpha value is 0.701. The van der Waals surface area contributed by atoms with Gasteiger partial charge in [-0.3, -0.25) is 4.68 Å². The summed E-state index contributed by atoms with van der Waals surface area (Å²) in [6.45, 7) is -4.75. The quantitative estimate of drug-likeness (QED) is 0.504. The number of rotatable bonds is 2. The first-order valence-corrected chi connectivity index (χ1v) is 2.76.